The minimum atomic E-state index is -0.292. The van der Waals surface area contributed by atoms with Crippen molar-refractivity contribution in [2.24, 2.45) is 0 Å². The summed E-state index contributed by atoms with van der Waals surface area (Å²) in [6, 6.07) is 9.64. The molecule has 2 heterocycles. The zero-order valence-electron chi connectivity index (χ0n) is 14.5. The van der Waals surface area contributed by atoms with E-state index in [1.165, 1.54) is 6.92 Å². The van der Waals surface area contributed by atoms with Crippen molar-refractivity contribution in [1.82, 2.24) is 19.8 Å². The van der Waals surface area contributed by atoms with Gasteiger partial charge < -0.3 is 14.8 Å². The molecule has 2 aromatic rings. The SMILES string of the molecule is CC(=O)N[C@H](CC(=O)N1CCC[C@H](n2ccnc2)C1)c1ccccc1. The number of hydrogen-bond acceptors (Lipinski definition) is 3. The summed E-state index contributed by atoms with van der Waals surface area (Å²) in [5.41, 5.74) is 0.953. The van der Waals surface area contributed by atoms with Gasteiger partial charge in [0, 0.05) is 32.4 Å². The van der Waals surface area contributed by atoms with Gasteiger partial charge in [-0.25, -0.2) is 4.98 Å². The first kappa shape index (κ1) is 17.2. The van der Waals surface area contributed by atoms with Crippen molar-refractivity contribution >= 4 is 11.8 Å². The molecule has 0 aliphatic carbocycles. The summed E-state index contributed by atoms with van der Waals surface area (Å²) >= 11 is 0. The maximum Gasteiger partial charge on any atom is 0.225 e. The minimum Gasteiger partial charge on any atom is -0.349 e. The number of piperidine rings is 1. The lowest BCUT2D eigenvalue weighted by atomic mass is 10.0. The van der Waals surface area contributed by atoms with E-state index in [2.05, 4.69) is 14.9 Å². The number of benzene rings is 1. The molecule has 1 aliphatic rings. The highest BCUT2D eigenvalue weighted by molar-refractivity contribution is 5.79. The number of aromatic nitrogens is 2. The molecule has 1 aromatic carbocycles. The number of nitrogens with one attached hydrogen (secondary N) is 1. The molecule has 1 saturated heterocycles. The largest absolute Gasteiger partial charge is 0.349 e. The van der Waals surface area contributed by atoms with Gasteiger partial charge in [0.25, 0.3) is 0 Å². The second kappa shape index (κ2) is 7.96. The Morgan fingerprint density at radius 3 is 2.80 bits per heavy atom. The predicted molar refractivity (Wildman–Crippen MR) is 94.7 cm³/mol. The molecule has 2 atom stereocenters. The van der Waals surface area contributed by atoms with Gasteiger partial charge in [0.15, 0.2) is 0 Å². The molecule has 0 radical (unpaired) electrons. The molecule has 6 heteroatoms. The van der Waals surface area contributed by atoms with E-state index in [1.807, 2.05) is 47.8 Å². The number of carbonyl (C=O) groups excluding carboxylic acids is 2. The zero-order valence-corrected chi connectivity index (χ0v) is 14.5. The monoisotopic (exact) mass is 340 g/mol. The van der Waals surface area contributed by atoms with Gasteiger partial charge in [0.2, 0.25) is 11.8 Å². The predicted octanol–water partition coefficient (Wildman–Crippen LogP) is 2.31. The van der Waals surface area contributed by atoms with E-state index in [1.54, 1.807) is 6.20 Å². The van der Waals surface area contributed by atoms with Crippen molar-refractivity contribution in [3.8, 4) is 0 Å². The van der Waals surface area contributed by atoms with E-state index >= 15 is 0 Å². The van der Waals surface area contributed by atoms with Gasteiger partial charge >= 0.3 is 0 Å². The van der Waals surface area contributed by atoms with Crippen LogP contribution >= 0.6 is 0 Å². The van der Waals surface area contributed by atoms with E-state index < -0.39 is 0 Å². The molecule has 0 unspecified atom stereocenters. The average Bonchev–Trinajstić information content (AvgIpc) is 3.16. The highest BCUT2D eigenvalue weighted by atomic mass is 16.2. The molecule has 6 nitrogen and oxygen atoms in total. The Morgan fingerprint density at radius 2 is 2.12 bits per heavy atom. The zero-order chi connectivity index (χ0) is 17.6. The van der Waals surface area contributed by atoms with Crippen LogP contribution in [0.2, 0.25) is 0 Å². The maximum atomic E-state index is 12.8. The third kappa shape index (κ3) is 4.47. The van der Waals surface area contributed by atoms with Crippen molar-refractivity contribution in [3.05, 3.63) is 54.6 Å². The van der Waals surface area contributed by atoms with Crippen LogP contribution in [0.3, 0.4) is 0 Å². The summed E-state index contributed by atoms with van der Waals surface area (Å²) in [6.07, 6.45) is 7.83. The fourth-order valence-electron chi connectivity index (χ4n) is 3.40. The fraction of sp³-hybridized carbons (Fsp3) is 0.421. The van der Waals surface area contributed by atoms with Crippen molar-refractivity contribution in [3.63, 3.8) is 0 Å². The number of imidazole rings is 1. The Hall–Kier alpha value is -2.63. The number of hydrogen-bond donors (Lipinski definition) is 1. The van der Waals surface area contributed by atoms with E-state index in [4.69, 9.17) is 0 Å². The quantitative estimate of drug-likeness (QED) is 0.908. The molecule has 1 aromatic heterocycles. The van der Waals surface area contributed by atoms with Crippen molar-refractivity contribution in [2.45, 2.75) is 38.3 Å². The van der Waals surface area contributed by atoms with Crippen LogP contribution in [0, 0.1) is 0 Å². The second-order valence-electron chi connectivity index (χ2n) is 6.51. The number of amides is 2. The first-order valence-corrected chi connectivity index (χ1v) is 8.70. The van der Waals surface area contributed by atoms with Gasteiger partial charge in [-0.15, -0.1) is 0 Å². The molecular weight excluding hydrogens is 316 g/mol. The topological polar surface area (TPSA) is 67.2 Å². The molecule has 0 bridgehead atoms. The summed E-state index contributed by atoms with van der Waals surface area (Å²) < 4.78 is 2.07. The highest BCUT2D eigenvalue weighted by Gasteiger charge is 2.27. The number of carbonyl (C=O) groups is 2. The van der Waals surface area contributed by atoms with E-state index in [-0.39, 0.29) is 30.3 Å². The molecule has 2 amide bonds. The van der Waals surface area contributed by atoms with E-state index in [9.17, 15) is 9.59 Å². The molecule has 1 aliphatic heterocycles. The molecule has 1 fully saturated rings. The van der Waals surface area contributed by atoms with E-state index in [0.29, 0.717) is 6.54 Å². The normalized spacial score (nSPS) is 18.6. The molecular formula is C19H24N4O2. The van der Waals surface area contributed by atoms with Gasteiger partial charge in [-0.2, -0.15) is 0 Å². The Morgan fingerprint density at radius 1 is 1.32 bits per heavy atom. The van der Waals surface area contributed by atoms with Crippen molar-refractivity contribution in [2.75, 3.05) is 13.1 Å². The smallest absolute Gasteiger partial charge is 0.225 e. The molecule has 132 valence electrons. The van der Waals surface area contributed by atoms with Gasteiger partial charge in [0.05, 0.1) is 24.8 Å². The number of likely N-dealkylation sites (tertiary alicyclic amines) is 1. The highest BCUT2D eigenvalue weighted by Crippen LogP contribution is 2.24. The van der Waals surface area contributed by atoms with Crippen LogP contribution in [0.4, 0.5) is 0 Å². The summed E-state index contributed by atoms with van der Waals surface area (Å²) in [7, 11) is 0. The molecule has 0 saturated carbocycles. The number of rotatable bonds is 5. The van der Waals surface area contributed by atoms with Crippen LogP contribution < -0.4 is 5.32 Å². The first-order chi connectivity index (χ1) is 12.1. The van der Waals surface area contributed by atoms with Crippen molar-refractivity contribution in [1.29, 1.82) is 0 Å². The van der Waals surface area contributed by atoms with Crippen LogP contribution in [-0.2, 0) is 9.59 Å². The average molecular weight is 340 g/mol. The third-order valence-corrected chi connectivity index (χ3v) is 4.65. The first-order valence-electron chi connectivity index (χ1n) is 8.70. The fourth-order valence-corrected chi connectivity index (χ4v) is 3.40. The lowest BCUT2D eigenvalue weighted by Gasteiger charge is -2.34. The van der Waals surface area contributed by atoms with Gasteiger partial charge in [-0.1, -0.05) is 30.3 Å². The third-order valence-electron chi connectivity index (χ3n) is 4.65. The summed E-state index contributed by atoms with van der Waals surface area (Å²) in [6.45, 7) is 2.94. The molecule has 1 N–H and O–H groups in total. The lowest BCUT2D eigenvalue weighted by molar-refractivity contribution is -0.133. The van der Waals surface area contributed by atoms with Gasteiger partial charge in [0.1, 0.15) is 0 Å². The summed E-state index contributed by atoms with van der Waals surface area (Å²) in [5.74, 6) is -0.0518. The van der Waals surface area contributed by atoms with Crippen LogP contribution in [0.5, 0.6) is 0 Å². The van der Waals surface area contributed by atoms with E-state index in [0.717, 1.165) is 24.9 Å². The van der Waals surface area contributed by atoms with Gasteiger partial charge in [-0.3, -0.25) is 9.59 Å². The summed E-state index contributed by atoms with van der Waals surface area (Å²) in [5, 5.41) is 2.90. The second-order valence-corrected chi connectivity index (χ2v) is 6.51. The van der Waals surface area contributed by atoms with Crippen LogP contribution in [0.15, 0.2) is 49.1 Å². The molecule has 0 spiro atoms. The van der Waals surface area contributed by atoms with Gasteiger partial charge in [-0.05, 0) is 18.4 Å². The van der Waals surface area contributed by atoms with Crippen molar-refractivity contribution < 1.29 is 9.59 Å². The Labute approximate surface area is 147 Å². The Bertz CT molecular complexity index is 699. The van der Waals surface area contributed by atoms with Crippen LogP contribution in [0.25, 0.3) is 0 Å². The molecule has 3 rings (SSSR count). The summed E-state index contributed by atoms with van der Waals surface area (Å²) in [4.78, 5) is 30.4. The Kier molecular flexibility index (Phi) is 5.48. The number of nitrogens with zero attached hydrogens (tertiary/aromatic N) is 3. The Balaban J connectivity index is 1.67. The lowest BCUT2D eigenvalue weighted by Crippen LogP contribution is -2.42. The minimum absolute atomic E-state index is 0.0763. The van der Waals surface area contributed by atoms with Crippen LogP contribution in [-0.4, -0.2) is 39.4 Å². The standard InChI is InChI=1S/C19H24N4O2/c1-15(24)21-18(16-6-3-2-4-7-16)12-19(25)22-10-5-8-17(13-22)23-11-9-20-14-23/h2-4,6-7,9,11,14,17-18H,5,8,10,12-13H2,1H3,(H,21,24)/t17-,18+/m0/s1. The van der Waals surface area contributed by atoms with Crippen LogP contribution in [0.1, 0.15) is 43.8 Å². The molecule has 25 heavy (non-hydrogen) atoms. The maximum absolute atomic E-state index is 12.8.